The molecule has 1 heterocycles. The Morgan fingerprint density at radius 3 is 2.56 bits per heavy atom. The van der Waals surface area contributed by atoms with E-state index in [9.17, 15) is 0 Å². The van der Waals surface area contributed by atoms with E-state index in [2.05, 4.69) is 0 Å². The highest BCUT2D eigenvalue weighted by atomic mass is 16.3. The number of nitrogens with zero attached hydrogens (tertiary/aromatic N) is 1. The van der Waals surface area contributed by atoms with Crippen molar-refractivity contribution in [2.24, 2.45) is 0 Å². The second-order valence-electron chi connectivity index (χ2n) is 4.04. The predicted octanol–water partition coefficient (Wildman–Crippen LogP) is 1.72. The quantitative estimate of drug-likeness (QED) is 0.632. The Morgan fingerprint density at radius 2 is 1.83 bits per heavy atom. The summed E-state index contributed by atoms with van der Waals surface area (Å²) >= 11 is 0. The predicted molar refractivity (Wildman–Crippen MR) is 73.5 cm³/mol. The Kier molecular flexibility index (Phi) is 4.10. The van der Waals surface area contributed by atoms with Crippen molar-refractivity contribution in [2.75, 3.05) is 12.3 Å². The zero-order valence-corrected chi connectivity index (χ0v) is 10.2. The summed E-state index contributed by atoms with van der Waals surface area (Å²) in [6, 6.07) is 13.7. The average molecular weight is 241 g/mol. The van der Waals surface area contributed by atoms with Gasteiger partial charge in [0, 0.05) is 23.9 Å². The first-order valence-electron chi connectivity index (χ1n) is 5.92. The summed E-state index contributed by atoms with van der Waals surface area (Å²) in [6.07, 6.45) is 6.02. The highest BCUT2D eigenvalue weighted by Crippen LogP contribution is 2.08. The third-order valence-corrected chi connectivity index (χ3v) is 2.70. The van der Waals surface area contributed by atoms with Crippen molar-refractivity contribution in [3.05, 3.63) is 59.9 Å². The molecule has 0 spiro atoms. The van der Waals surface area contributed by atoms with Gasteiger partial charge in [-0.2, -0.15) is 4.57 Å². The normalized spacial score (nSPS) is 10.9. The highest BCUT2D eigenvalue weighted by molar-refractivity contribution is 5.67. The number of nitrogens with two attached hydrogens (primary N) is 1. The molecule has 3 N–H and O–H groups in total. The highest BCUT2D eigenvalue weighted by Gasteiger charge is 2.04. The van der Waals surface area contributed by atoms with Crippen LogP contribution in [0.4, 0.5) is 5.69 Å². The Morgan fingerprint density at radius 1 is 1.06 bits per heavy atom. The van der Waals surface area contributed by atoms with E-state index in [0.717, 1.165) is 16.9 Å². The molecule has 0 unspecified atom stereocenters. The Labute approximate surface area is 107 Å². The molecule has 2 aromatic rings. The third-order valence-electron chi connectivity index (χ3n) is 2.70. The summed E-state index contributed by atoms with van der Waals surface area (Å²) in [6.45, 7) is 0.736. The summed E-state index contributed by atoms with van der Waals surface area (Å²) in [5.41, 5.74) is 8.57. The SMILES string of the molecule is Nc1ccc(/C=C/c2cccc[n+]2CCO)cc1. The molecule has 2 rings (SSSR count). The van der Waals surface area contributed by atoms with Crippen LogP contribution in [0.15, 0.2) is 48.7 Å². The number of aliphatic hydroxyl groups is 1. The van der Waals surface area contributed by atoms with Gasteiger partial charge >= 0.3 is 0 Å². The number of anilines is 1. The molecule has 0 aliphatic heterocycles. The topological polar surface area (TPSA) is 50.1 Å². The molecular weight excluding hydrogens is 224 g/mol. The van der Waals surface area contributed by atoms with Crippen LogP contribution in [0.25, 0.3) is 12.2 Å². The van der Waals surface area contributed by atoms with Crippen LogP contribution < -0.4 is 10.3 Å². The standard InChI is InChI=1S/C15H16N2O/c16-14-7-4-13(5-8-14)6-9-15-3-1-2-10-17(15)11-12-18/h1-10,16,18H,11-12H2/p+1. The van der Waals surface area contributed by atoms with E-state index in [1.54, 1.807) is 0 Å². The van der Waals surface area contributed by atoms with Gasteiger partial charge in [0.1, 0.15) is 6.61 Å². The fraction of sp³-hybridized carbons (Fsp3) is 0.133. The minimum atomic E-state index is 0.136. The van der Waals surface area contributed by atoms with Gasteiger partial charge in [0.15, 0.2) is 12.7 Å². The average Bonchev–Trinajstić information content (AvgIpc) is 2.40. The van der Waals surface area contributed by atoms with Crippen LogP contribution >= 0.6 is 0 Å². The van der Waals surface area contributed by atoms with E-state index in [1.807, 2.05) is 65.4 Å². The van der Waals surface area contributed by atoms with Crippen molar-refractivity contribution in [1.82, 2.24) is 0 Å². The van der Waals surface area contributed by atoms with Crippen molar-refractivity contribution < 1.29 is 9.67 Å². The van der Waals surface area contributed by atoms with E-state index in [-0.39, 0.29) is 6.61 Å². The van der Waals surface area contributed by atoms with Gasteiger partial charge in [-0.1, -0.05) is 12.1 Å². The lowest BCUT2D eigenvalue weighted by Gasteiger charge is -1.98. The number of pyridine rings is 1. The van der Waals surface area contributed by atoms with Gasteiger partial charge in [-0.25, -0.2) is 0 Å². The number of rotatable bonds is 4. The van der Waals surface area contributed by atoms with Crippen molar-refractivity contribution in [3.63, 3.8) is 0 Å². The molecule has 0 fully saturated rings. The number of aliphatic hydroxyl groups excluding tert-OH is 1. The Hall–Kier alpha value is -2.13. The summed E-state index contributed by atoms with van der Waals surface area (Å²) < 4.78 is 2.01. The Balaban J connectivity index is 2.20. The van der Waals surface area contributed by atoms with Crippen LogP contribution in [0.5, 0.6) is 0 Å². The molecule has 18 heavy (non-hydrogen) atoms. The molecule has 3 heteroatoms. The van der Waals surface area contributed by atoms with Crippen LogP contribution in [0.2, 0.25) is 0 Å². The zero-order valence-electron chi connectivity index (χ0n) is 10.2. The van der Waals surface area contributed by atoms with Crippen LogP contribution in [0.3, 0.4) is 0 Å². The lowest BCUT2D eigenvalue weighted by atomic mass is 10.2. The van der Waals surface area contributed by atoms with Gasteiger partial charge in [-0.05, 0) is 29.8 Å². The zero-order chi connectivity index (χ0) is 12.8. The van der Waals surface area contributed by atoms with Gasteiger partial charge in [0.2, 0.25) is 5.69 Å². The lowest BCUT2D eigenvalue weighted by molar-refractivity contribution is -0.699. The van der Waals surface area contributed by atoms with Gasteiger partial charge < -0.3 is 10.8 Å². The van der Waals surface area contributed by atoms with Gasteiger partial charge in [0.05, 0.1) is 0 Å². The summed E-state index contributed by atoms with van der Waals surface area (Å²) in [5, 5.41) is 9.00. The number of nitrogen functional groups attached to an aromatic ring is 1. The fourth-order valence-corrected chi connectivity index (χ4v) is 1.74. The molecule has 0 atom stereocenters. The Bertz CT molecular complexity index is 532. The van der Waals surface area contributed by atoms with Crippen molar-refractivity contribution in [1.29, 1.82) is 0 Å². The number of hydrogen-bond acceptors (Lipinski definition) is 2. The van der Waals surface area contributed by atoms with Crippen molar-refractivity contribution in [3.8, 4) is 0 Å². The van der Waals surface area contributed by atoms with Gasteiger partial charge in [0.25, 0.3) is 0 Å². The molecule has 1 aromatic heterocycles. The summed E-state index contributed by atoms with van der Waals surface area (Å²) in [4.78, 5) is 0. The van der Waals surface area contributed by atoms with Crippen LogP contribution in [-0.4, -0.2) is 11.7 Å². The molecule has 3 nitrogen and oxygen atoms in total. The molecule has 0 amide bonds. The number of aromatic nitrogens is 1. The molecule has 0 saturated carbocycles. The van der Waals surface area contributed by atoms with Crippen molar-refractivity contribution >= 4 is 17.8 Å². The van der Waals surface area contributed by atoms with E-state index in [4.69, 9.17) is 10.8 Å². The first-order valence-corrected chi connectivity index (χ1v) is 5.92. The van der Waals surface area contributed by atoms with E-state index in [1.165, 1.54) is 0 Å². The van der Waals surface area contributed by atoms with Crippen LogP contribution in [0, 0.1) is 0 Å². The van der Waals surface area contributed by atoms with Crippen LogP contribution in [-0.2, 0) is 6.54 Å². The minimum Gasteiger partial charge on any atom is -0.399 e. The minimum absolute atomic E-state index is 0.136. The molecule has 0 bridgehead atoms. The van der Waals surface area contributed by atoms with Crippen molar-refractivity contribution in [2.45, 2.75) is 6.54 Å². The molecule has 0 aliphatic rings. The molecule has 92 valence electrons. The number of hydrogen-bond donors (Lipinski definition) is 2. The van der Waals surface area contributed by atoms with Gasteiger partial charge in [-0.3, -0.25) is 0 Å². The first kappa shape index (κ1) is 12.3. The molecule has 0 saturated heterocycles. The smallest absolute Gasteiger partial charge is 0.205 e. The molecule has 0 aliphatic carbocycles. The van der Waals surface area contributed by atoms with E-state index >= 15 is 0 Å². The van der Waals surface area contributed by atoms with E-state index < -0.39 is 0 Å². The molecular formula is C15H17N2O+. The summed E-state index contributed by atoms with van der Waals surface area (Å²) in [7, 11) is 0. The fourth-order valence-electron chi connectivity index (χ4n) is 1.74. The van der Waals surface area contributed by atoms with E-state index in [0.29, 0.717) is 6.54 Å². The maximum absolute atomic E-state index is 9.00. The monoisotopic (exact) mass is 241 g/mol. The maximum Gasteiger partial charge on any atom is 0.205 e. The first-order chi connectivity index (χ1) is 8.79. The molecule has 0 radical (unpaired) electrons. The third kappa shape index (κ3) is 3.18. The molecule has 1 aromatic carbocycles. The van der Waals surface area contributed by atoms with Gasteiger partial charge in [-0.15, -0.1) is 0 Å². The summed E-state index contributed by atoms with van der Waals surface area (Å²) in [5.74, 6) is 0. The maximum atomic E-state index is 9.00. The number of benzene rings is 1. The lowest BCUT2D eigenvalue weighted by Crippen LogP contribution is -2.38. The van der Waals surface area contributed by atoms with Crippen LogP contribution in [0.1, 0.15) is 11.3 Å². The second-order valence-corrected chi connectivity index (χ2v) is 4.04. The largest absolute Gasteiger partial charge is 0.399 e. The second kappa shape index (κ2) is 5.98.